The number of aromatic hydroxyl groups is 1. The molecule has 0 fully saturated rings. The summed E-state index contributed by atoms with van der Waals surface area (Å²) in [4.78, 5) is 4.07. The van der Waals surface area contributed by atoms with Crippen LogP contribution in [0.1, 0.15) is 0 Å². The number of rotatable bonds is 2. The van der Waals surface area contributed by atoms with Crippen molar-refractivity contribution in [2.45, 2.75) is 0 Å². The molecule has 1 N–H and O–H groups in total. The number of benzene rings is 2. The van der Waals surface area contributed by atoms with Gasteiger partial charge in [0.1, 0.15) is 5.75 Å². The molecule has 0 unspecified atom stereocenters. The summed E-state index contributed by atoms with van der Waals surface area (Å²) in [7, 11) is 0. The molecule has 1 heterocycles. The second-order valence-electron chi connectivity index (χ2n) is 4.07. The molecule has 19 heavy (non-hydrogen) atoms. The second kappa shape index (κ2) is 4.86. The van der Waals surface area contributed by atoms with E-state index in [-0.39, 0.29) is 5.75 Å². The number of fused-ring (bicyclic) bond motifs is 1. The van der Waals surface area contributed by atoms with E-state index >= 15 is 0 Å². The van der Waals surface area contributed by atoms with E-state index in [2.05, 4.69) is 15.2 Å². The minimum Gasteiger partial charge on any atom is -0.508 e. The Balaban J connectivity index is 2.08. The van der Waals surface area contributed by atoms with Crippen LogP contribution in [-0.4, -0.2) is 10.1 Å². The minimum absolute atomic E-state index is 0.175. The third kappa shape index (κ3) is 2.42. The molecule has 0 amide bonds. The van der Waals surface area contributed by atoms with E-state index in [0.717, 1.165) is 10.8 Å². The predicted octanol–water partition coefficient (Wildman–Crippen LogP) is 4.36. The Labute approximate surface area is 110 Å². The first kappa shape index (κ1) is 11.3. The standard InChI is InChI=1S/C15H11N3O/c19-12-9-11-5-1-2-6-13(11)14(10-12)17-18-15-7-3-4-8-16-15/h1-10,19H. The zero-order chi connectivity index (χ0) is 13.1. The molecule has 3 rings (SSSR count). The van der Waals surface area contributed by atoms with Gasteiger partial charge in [0.15, 0.2) is 5.82 Å². The molecule has 3 aromatic rings. The first-order valence-electron chi connectivity index (χ1n) is 5.87. The van der Waals surface area contributed by atoms with Crippen LogP contribution in [0.4, 0.5) is 11.5 Å². The predicted molar refractivity (Wildman–Crippen MR) is 74.0 cm³/mol. The van der Waals surface area contributed by atoms with Crippen molar-refractivity contribution >= 4 is 22.3 Å². The number of hydrogen-bond donors (Lipinski definition) is 1. The maximum atomic E-state index is 9.69. The summed E-state index contributed by atoms with van der Waals surface area (Å²) in [5.41, 5.74) is 0.626. The van der Waals surface area contributed by atoms with Crippen molar-refractivity contribution < 1.29 is 5.11 Å². The summed E-state index contributed by atoms with van der Waals surface area (Å²) >= 11 is 0. The van der Waals surface area contributed by atoms with Crippen LogP contribution in [0.25, 0.3) is 10.8 Å². The molecule has 0 aliphatic heterocycles. The molecule has 4 heteroatoms. The third-order valence-electron chi connectivity index (χ3n) is 2.73. The molecule has 92 valence electrons. The molecule has 0 saturated carbocycles. The van der Waals surface area contributed by atoms with Crippen LogP contribution in [0.2, 0.25) is 0 Å². The van der Waals surface area contributed by atoms with Gasteiger partial charge in [-0.2, -0.15) is 0 Å². The van der Waals surface area contributed by atoms with Crippen molar-refractivity contribution in [3.8, 4) is 5.75 Å². The number of aromatic nitrogens is 1. The molecule has 0 spiro atoms. The topological polar surface area (TPSA) is 57.8 Å². The lowest BCUT2D eigenvalue weighted by molar-refractivity contribution is 0.476. The van der Waals surface area contributed by atoms with Gasteiger partial charge in [-0.3, -0.25) is 0 Å². The molecule has 2 aromatic carbocycles. The van der Waals surface area contributed by atoms with Crippen LogP contribution in [0.3, 0.4) is 0 Å². The highest BCUT2D eigenvalue weighted by molar-refractivity contribution is 5.93. The molecule has 0 aliphatic carbocycles. The lowest BCUT2D eigenvalue weighted by Gasteiger charge is -2.02. The molecule has 0 saturated heterocycles. The Morgan fingerprint density at radius 1 is 0.895 bits per heavy atom. The van der Waals surface area contributed by atoms with Crippen LogP contribution in [0.15, 0.2) is 71.0 Å². The Morgan fingerprint density at radius 2 is 1.74 bits per heavy atom. The molecule has 0 atom stereocenters. The maximum Gasteiger partial charge on any atom is 0.174 e. The second-order valence-corrected chi connectivity index (χ2v) is 4.07. The SMILES string of the molecule is Oc1cc(N=Nc2ccccn2)c2ccccc2c1. The number of pyridine rings is 1. The summed E-state index contributed by atoms with van der Waals surface area (Å²) in [5, 5.41) is 19.8. The molecular formula is C15H11N3O. The van der Waals surface area contributed by atoms with Crippen molar-refractivity contribution in [2.24, 2.45) is 10.2 Å². The largest absolute Gasteiger partial charge is 0.508 e. The third-order valence-corrected chi connectivity index (χ3v) is 2.73. The highest BCUT2D eigenvalue weighted by Gasteiger charge is 2.02. The lowest BCUT2D eigenvalue weighted by Crippen LogP contribution is -1.74. The van der Waals surface area contributed by atoms with Gasteiger partial charge < -0.3 is 5.11 Å². The Hall–Kier alpha value is -2.75. The fourth-order valence-electron chi connectivity index (χ4n) is 1.88. The van der Waals surface area contributed by atoms with E-state index < -0.39 is 0 Å². The van der Waals surface area contributed by atoms with E-state index in [1.807, 2.05) is 36.4 Å². The Morgan fingerprint density at radius 3 is 2.58 bits per heavy atom. The van der Waals surface area contributed by atoms with Crippen molar-refractivity contribution in [2.75, 3.05) is 0 Å². The lowest BCUT2D eigenvalue weighted by atomic mass is 10.1. The van der Waals surface area contributed by atoms with E-state index in [4.69, 9.17) is 0 Å². The van der Waals surface area contributed by atoms with E-state index in [0.29, 0.717) is 11.5 Å². The Bertz CT molecular complexity index is 739. The number of phenols is 1. The van der Waals surface area contributed by atoms with E-state index in [9.17, 15) is 5.11 Å². The van der Waals surface area contributed by atoms with Gasteiger partial charge in [0, 0.05) is 17.6 Å². The van der Waals surface area contributed by atoms with E-state index in [1.54, 1.807) is 24.4 Å². The van der Waals surface area contributed by atoms with Crippen molar-refractivity contribution in [1.29, 1.82) is 0 Å². The Kier molecular flexibility index (Phi) is 2.90. The fraction of sp³-hybridized carbons (Fsp3) is 0. The summed E-state index contributed by atoms with van der Waals surface area (Å²) < 4.78 is 0. The molecule has 0 aliphatic rings. The molecular weight excluding hydrogens is 238 g/mol. The molecule has 0 bridgehead atoms. The summed E-state index contributed by atoms with van der Waals surface area (Å²) in [6, 6.07) is 16.5. The van der Waals surface area contributed by atoms with Gasteiger partial charge >= 0.3 is 0 Å². The van der Waals surface area contributed by atoms with Crippen molar-refractivity contribution in [3.63, 3.8) is 0 Å². The maximum absolute atomic E-state index is 9.69. The summed E-state index contributed by atoms with van der Waals surface area (Å²) in [6.45, 7) is 0. The fourth-order valence-corrected chi connectivity index (χ4v) is 1.88. The highest BCUT2D eigenvalue weighted by Crippen LogP contribution is 2.31. The first-order valence-corrected chi connectivity index (χ1v) is 5.87. The summed E-state index contributed by atoms with van der Waals surface area (Å²) in [5.74, 6) is 0.712. The van der Waals surface area contributed by atoms with Gasteiger partial charge in [-0.25, -0.2) is 4.98 Å². The van der Waals surface area contributed by atoms with Crippen LogP contribution in [0, 0.1) is 0 Å². The molecule has 1 aromatic heterocycles. The smallest absolute Gasteiger partial charge is 0.174 e. The first-order chi connectivity index (χ1) is 9.33. The van der Waals surface area contributed by atoms with Crippen LogP contribution >= 0.6 is 0 Å². The van der Waals surface area contributed by atoms with Gasteiger partial charge in [0.2, 0.25) is 0 Å². The quantitative estimate of drug-likeness (QED) is 0.686. The number of phenolic OH excluding ortho intramolecular Hbond substituents is 1. The molecule has 4 nitrogen and oxygen atoms in total. The monoisotopic (exact) mass is 249 g/mol. The van der Waals surface area contributed by atoms with Gasteiger partial charge in [0.25, 0.3) is 0 Å². The van der Waals surface area contributed by atoms with Gasteiger partial charge in [-0.05, 0) is 23.6 Å². The average molecular weight is 249 g/mol. The number of azo groups is 1. The van der Waals surface area contributed by atoms with E-state index in [1.165, 1.54) is 0 Å². The van der Waals surface area contributed by atoms with Crippen molar-refractivity contribution in [3.05, 3.63) is 60.8 Å². The summed E-state index contributed by atoms with van der Waals surface area (Å²) in [6.07, 6.45) is 1.66. The van der Waals surface area contributed by atoms with Gasteiger partial charge in [-0.15, -0.1) is 10.2 Å². The van der Waals surface area contributed by atoms with Crippen LogP contribution in [-0.2, 0) is 0 Å². The van der Waals surface area contributed by atoms with Crippen LogP contribution < -0.4 is 0 Å². The number of hydrogen-bond acceptors (Lipinski definition) is 4. The van der Waals surface area contributed by atoms with Gasteiger partial charge in [0.05, 0.1) is 5.69 Å². The zero-order valence-corrected chi connectivity index (χ0v) is 10.1. The normalized spacial score (nSPS) is 11.2. The van der Waals surface area contributed by atoms with Crippen molar-refractivity contribution in [1.82, 2.24) is 4.98 Å². The average Bonchev–Trinajstić information content (AvgIpc) is 2.45. The molecule has 0 radical (unpaired) electrons. The minimum atomic E-state index is 0.175. The van der Waals surface area contributed by atoms with Crippen LogP contribution in [0.5, 0.6) is 5.75 Å². The highest BCUT2D eigenvalue weighted by atomic mass is 16.3. The number of nitrogens with zero attached hydrogens (tertiary/aromatic N) is 3. The van der Waals surface area contributed by atoms with Gasteiger partial charge in [-0.1, -0.05) is 30.3 Å². The zero-order valence-electron chi connectivity index (χ0n) is 10.1.